The monoisotopic (exact) mass is 362 g/mol. The van der Waals surface area contributed by atoms with E-state index in [1.807, 2.05) is 6.07 Å². The Balaban J connectivity index is 1.84. The topological polar surface area (TPSA) is 42.7 Å². The predicted molar refractivity (Wildman–Crippen MR) is 89.5 cm³/mol. The van der Waals surface area contributed by atoms with E-state index >= 15 is 0 Å². The first-order chi connectivity index (χ1) is 12.5. The number of nitrogens with zero attached hydrogens (tertiary/aromatic N) is 4. The molecule has 1 fully saturated rings. The number of imidazole rings is 1. The van der Waals surface area contributed by atoms with Gasteiger partial charge in [-0.2, -0.15) is 13.2 Å². The van der Waals surface area contributed by atoms with Crippen LogP contribution in [-0.2, 0) is 17.5 Å². The second kappa shape index (κ2) is 6.69. The molecule has 0 aromatic carbocycles. The van der Waals surface area contributed by atoms with Crippen molar-refractivity contribution in [3.63, 3.8) is 0 Å². The number of pyridine rings is 2. The number of fused-ring (bicyclic) bond motifs is 1. The van der Waals surface area contributed by atoms with Crippen molar-refractivity contribution in [3.05, 3.63) is 54.1 Å². The van der Waals surface area contributed by atoms with E-state index in [4.69, 9.17) is 4.74 Å². The summed E-state index contributed by atoms with van der Waals surface area (Å²) >= 11 is 0. The molecule has 0 saturated carbocycles. The van der Waals surface area contributed by atoms with Gasteiger partial charge in [0.2, 0.25) is 0 Å². The fourth-order valence-electron chi connectivity index (χ4n) is 3.12. The van der Waals surface area contributed by atoms with Gasteiger partial charge in [-0.3, -0.25) is 9.88 Å². The van der Waals surface area contributed by atoms with Crippen LogP contribution in [0.2, 0.25) is 0 Å². The minimum atomic E-state index is -4.40. The number of hydrogen-bond donors (Lipinski definition) is 0. The van der Waals surface area contributed by atoms with Gasteiger partial charge in [-0.05, 0) is 24.3 Å². The van der Waals surface area contributed by atoms with Crippen LogP contribution in [0, 0.1) is 0 Å². The van der Waals surface area contributed by atoms with Crippen LogP contribution in [0.1, 0.15) is 11.3 Å². The average Bonchev–Trinajstić information content (AvgIpc) is 3.00. The summed E-state index contributed by atoms with van der Waals surface area (Å²) in [4.78, 5) is 10.8. The number of morpholine rings is 1. The number of aromatic nitrogens is 3. The molecule has 0 aliphatic carbocycles. The Bertz CT molecular complexity index is 902. The fraction of sp³-hybridized carbons (Fsp3) is 0.333. The van der Waals surface area contributed by atoms with E-state index in [1.165, 1.54) is 6.07 Å². The molecule has 5 nitrogen and oxygen atoms in total. The van der Waals surface area contributed by atoms with E-state index in [-0.39, 0.29) is 0 Å². The van der Waals surface area contributed by atoms with Crippen LogP contribution in [-0.4, -0.2) is 45.6 Å². The van der Waals surface area contributed by atoms with E-state index in [9.17, 15) is 13.2 Å². The molecule has 0 bridgehead atoms. The predicted octanol–water partition coefficient (Wildman–Crippen LogP) is 3.25. The number of ether oxygens (including phenoxy) is 1. The maximum Gasteiger partial charge on any atom is 0.417 e. The van der Waals surface area contributed by atoms with E-state index < -0.39 is 11.7 Å². The van der Waals surface area contributed by atoms with Gasteiger partial charge in [-0.15, -0.1) is 0 Å². The minimum absolute atomic E-state index is 0.486. The first-order valence-electron chi connectivity index (χ1n) is 8.31. The Morgan fingerprint density at radius 1 is 1.12 bits per heavy atom. The van der Waals surface area contributed by atoms with Gasteiger partial charge in [0.25, 0.3) is 0 Å². The second-order valence-electron chi connectivity index (χ2n) is 6.18. The van der Waals surface area contributed by atoms with Crippen LogP contribution < -0.4 is 0 Å². The molecule has 1 saturated heterocycles. The van der Waals surface area contributed by atoms with Crippen LogP contribution in [0.4, 0.5) is 13.2 Å². The molecule has 0 spiro atoms. The first-order valence-corrected chi connectivity index (χ1v) is 8.31. The molecule has 3 aromatic heterocycles. The van der Waals surface area contributed by atoms with Crippen LogP contribution in [0.5, 0.6) is 0 Å². The molecular formula is C18H17F3N4O. The Morgan fingerprint density at radius 2 is 1.92 bits per heavy atom. The number of alkyl halides is 3. The van der Waals surface area contributed by atoms with Crippen molar-refractivity contribution in [1.29, 1.82) is 0 Å². The Morgan fingerprint density at radius 3 is 2.62 bits per heavy atom. The summed E-state index contributed by atoms with van der Waals surface area (Å²) in [6.45, 7) is 3.20. The summed E-state index contributed by atoms with van der Waals surface area (Å²) in [5.41, 5.74) is 1.96. The normalized spacial score (nSPS) is 16.3. The van der Waals surface area contributed by atoms with Crippen molar-refractivity contribution < 1.29 is 17.9 Å². The van der Waals surface area contributed by atoms with Crippen molar-refractivity contribution >= 4 is 5.65 Å². The third-order valence-corrected chi connectivity index (χ3v) is 4.46. The molecule has 0 unspecified atom stereocenters. The van der Waals surface area contributed by atoms with Crippen LogP contribution in [0.15, 0.2) is 42.9 Å². The summed E-state index contributed by atoms with van der Waals surface area (Å²) < 4.78 is 46.4. The zero-order valence-corrected chi connectivity index (χ0v) is 13.9. The summed E-state index contributed by atoms with van der Waals surface area (Å²) in [5, 5.41) is 0. The second-order valence-corrected chi connectivity index (χ2v) is 6.18. The zero-order valence-electron chi connectivity index (χ0n) is 13.9. The Kier molecular flexibility index (Phi) is 4.37. The molecule has 0 atom stereocenters. The molecule has 0 radical (unpaired) electrons. The summed E-state index contributed by atoms with van der Waals surface area (Å²) in [6, 6.07) is 6.13. The third-order valence-electron chi connectivity index (χ3n) is 4.46. The van der Waals surface area contributed by atoms with Gasteiger partial charge in [-0.1, -0.05) is 0 Å². The highest BCUT2D eigenvalue weighted by molar-refractivity contribution is 5.66. The molecule has 0 N–H and O–H groups in total. The molecule has 136 valence electrons. The highest BCUT2D eigenvalue weighted by Crippen LogP contribution is 2.31. The van der Waals surface area contributed by atoms with Crippen LogP contribution in [0.3, 0.4) is 0 Å². The van der Waals surface area contributed by atoms with Gasteiger partial charge in [0.15, 0.2) is 0 Å². The third kappa shape index (κ3) is 3.30. The van der Waals surface area contributed by atoms with Crippen molar-refractivity contribution in [3.8, 4) is 11.3 Å². The van der Waals surface area contributed by atoms with Crippen molar-refractivity contribution in [2.24, 2.45) is 0 Å². The molecule has 4 heterocycles. The largest absolute Gasteiger partial charge is 0.417 e. The molecule has 8 heteroatoms. The quantitative estimate of drug-likeness (QED) is 0.717. The van der Waals surface area contributed by atoms with Gasteiger partial charge in [0.1, 0.15) is 5.65 Å². The molecule has 3 aromatic rings. The summed E-state index contributed by atoms with van der Waals surface area (Å²) in [7, 11) is 0. The van der Waals surface area contributed by atoms with Crippen LogP contribution in [0.25, 0.3) is 16.9 Å². The van der Waals surface area contributed by atoms with Gasteiger partial charge >= 0.3 is 6.18 Å². The van der Waals surface area contributed by atoms with Crippen LogP contribution >= 0.6 is 0 Å². The standard InChI is InChI=1S/C18H17F3N4O/c19-18(20,21)14-3-4-16-23-17(13-2-1-5-22-10-13)15(25(16)11-14)12-24-6-8-26-9-7-24/h1-5,10-11H,6-9,12H2. The smallest absolute Gasteiger partial charge is 0.379 e. The lowest BCUT2D eigenvalue weighted by atomic mass is 10.1. The van der Waals surface area contributed by atoms with Crippen molar-refractivity contribution in [2.45, 2.75) is 12.7 Å². The molecule has 1 aliphatic heterocycles. The SMILES string of the molecule is FC(F)(F)c1ccc2nc(-c3cccnc3)c(CN3CCOCC3)n2c1. The van der Waals surface area contributed by atoms with Crippen molar-refractivity contribution in [1.82, 2.24) is 19.3 Å². The molecule has 4 rings (SSSR count). The highest BCUT2D eigenvalue weighted by atomic mass is 19.4. The zero-order chi connectivity index (χ0) is 18.1. The lowest BCUT2D eigenvalue weighted by Crippen LogP contribution is -2.36. The van der Waals surface area contributed by atoms with Gasteiger partial charge in [0.05, 0.1) is 30.2 Å². The molecule has 26 heavy (non-hydrogen) atoms. The van der Waals surface area contributed by atoms with E-state index in [0.29, 0.717) is 31.1 Å². The Hall–Kier alpha value is -2.45. The fourth-order valence-corrected chi connectivity index (χ4v) is 3.12. The summed E-state index contributed by atoms with van der Waals surface area (Å²) in [5.74, 6) is 0. The lowest BCUT2D eigenvalue weighted by Gasteiger charge is -2.26. The van der Waals surface area contributed by atoms with E-state index in [0.717, 1.165) is 36.6 Å². The molecule has 1 aliphatic rings. The number of rotatable bonds is 3. The van der Waals surface area contributed by atoms with Gasteiger partial charge in [-0.25, -0.2) is 4.98 Å². The van der Waals surface area contributed by atoms with Gasteiger partial charge in [0, 0.05) is 43.8 Å². The summed E-state index contributed by atoms with van der Waals surface area (Å²) in [6.07, 6.45) is 0.0547. The minimum Gasteiger partial charge on any atom is -0.379 e. The van der Waals surface area contributed by atoms with E-state index in [2.05, 4.69) is 14.9 Å². The molecule has 0 amide bonds. The van der Waals surface area contributed by atoms with Crippen molar-refractivity contribution in [2.75, 3.05) is 26.3 Å². The maximum absolute atomic E-state index is 13.2. The lowest BCUT2D eigenvalue weighted by molar-refractivity contribution is -0.137. The number of hydrogen-bond acceptors (Lipinski definition) is 4. The van der Waals surface area contributed by atoms with Gasteiger partial charge < -0.3 is 9.14 Å². The average molecular weight is 362 g/mol. The first kappa shape index (κ1) is 17.0. The Labute approximate surface area is 148 Å². The number of halogens is 3. The highest BCUT2D eigenvalue weighted by Gasteiger charge is 2.31. The maximum atomic E-state index is 13.2. The van der Waals surface area contributed by atoms with E-state index in [1.54, 1.807) is 22.9 Å². The molecular weight excluding hydrogens is 345 g/mol.